The number of carbonyl (C=O) groups excluding carboxylic acids is 1. The molecule has 2 heterocycles. The zero-order valence-corrected chi connectivity index (χ0v) is 14.8. The molecule has 1 aliphatic rings. The maximum atomic E-state index is 12.7. The molecule has 0 saturated carbocycles. The van der Waals surface area contributed by atoms with Gasteiger partial charge in [-0.3, -0.25) is 9.69 Å². The average molecular weight is 343 g/mol. The molecule has 0 bridgehead atoms. The minimum atomic E-state index is -0.318. The van der Waals surface area contributed by atoms with Gasteiger partial charge in [0, 0.05) is 6.54 Å². The van der Waals surface area contributed by atoms with E-state index in [9.17, 15) is 4.79 Å². The van der Waals surface area contributed by atoms with E-state index < -0.39 is 0 Å². The number of hydrogen-bond acceptors (Lipinski definition) is 4. The highest BCUT2D eigenvalue weighted by atomic mass is 32.1. The molecule has 3 rings (SSSR count). The predicted octanol–water partition coefficient (Wildman–Crippen LogP) is 4.30. The van der Waals surface area contributed by atoms with E-state index in [2.05, 4.69) is 4.90 Å². The number of likely N-dealkylation sites (tertiary alicyclic amines) is 1. The molecule has 0 amide bonds. The number of hydrogen-bond donors (Lipinski definition) is 0. The van der Waals surface area contributed by atoms with Crippen molar-refractivity contribution in [2.24, 2.45) is 0 Å². The Bertz CT molecular complexity index is 604. The van der Waals surface area contributed by atoms with Gasteiger partial charge in [0.2, 0.25) is 0 Å². The highest BCUT2D eigenvalue weighted by molar-refractivity contribution is 7.08. The standard InChI is InChI=1S/C20H25NO2S/c22-20(23-14-13-21-11-6-1-2-7-12-21)19(18-10-15-24-16-18)17-8-4-3-5-9-17/h3-5,8-10,15-16,19H,1-2,6-7,11-14H2. The summed E-state index contributed by atoms with van der Waals surface area (Å²) in [5.74, 6) is -0.462. The third-order valence-electron chi connectivity index (χ3n) is 4.60. The van der Waals surface area contributed by atoms with E-state index in [1.165, 1.54) is 25.7 Å². The molecule has 24 heavy (non-hydrogen) atoms. The van der Waals surface area contributed by atoms with Gasteiger partial charge in [0.05, 0.1) is 0 Å². The molecular formula is C20H25NO2S. The van der Waals surface area contributed by atoms with Crippen LogP contribution in [0.4, 0.5) is 0 Å². The molecule has 3 nitrogen and oxygen atoms in total. The summed E-state index contributed by atoms with van der Waals surface area (Å²) in [4.78, 5) is 15.1. The SMILES string of the molecule is O=C(OCCN1CCCCCC1)C(c1ccccc1)c1ccsc1. The number of nitrogens with zero attached hydrogens (tertiary/aromatic N) is 1. The molecule has 1 aliphatic heterocycles. The lowest BCUT2D eigenvalue weighted by molar-refractivity contribution is -0.144. The molecule has 128 valence electrons. The lowest BCUT2D eigenvalue weighted by Gasteiger charge is -2.21. The summed E-state index contributed by atoms with van der Waals surface area (Å²) in [5.41, 5.74) is 2.02. The second kappa shape index (κ2) is 9.00. The Hall–Kier alpha value is -1.65. The van der Waals surface area contributed by atoms with Crippen molar-refractivity contribution in [1.82, 2.24) is 4.90 Å². The monoisotopic (exact) mass is 343 g/mol. The number of thiophene rings is 1. The quantitative estimate of drug-likeness (QED) is 0.733. The van der Waals surface area contributed by atoms with Crippen LogP contribution < -0.4 is 0 Å². The summed E-state index contributed by atoms with van der Waals surface area (Å²) in [6.45, 7) is 3.58. The van der Waals surface area contributed by atoms with Crippen molar-refractivity contribution in [1.29, 1.82) is 0 Å². The average Bonchev–Trinajstić information content (AvgIpc) is 3.00. The Balaban J connectivity index is 1.60. The lowest BCUT2D eigenvalue weighted by Crippen LogP contribution is -2.30. The number of carbonyl (C=O) groups is 1. The normalized spacial score (nSPS) is 17.2. The topological polar surface area (TPSA) is 29.5 Å². The van der Waals surface area contributed by atoms with Crippen LogP contribution in [0.2, 0.25) is 0 Å². The van der Waals surface area contributed by atoms with E-state index in [4.69, 9.17) is 4.74 Å². The van der Waals surface area contributed by atoms with Crippen LogP contribution in [0.25, 0.3) is 0 Å². The molecule has 1 saturated heterocycles. The third kappa shape index (κ3) is 4.68. The molecule has 0 N–H and O–H groups in total. The molecule has 2 aromatic rings. The number of ether oxygens (including phenoxy) is 1. The summed E-state index contributed by atoms with van der Waals surface area (Å²) in [6, 6.07) is 11.9. The summed E-state index contributed by atoms with van der Waals surface area (Å²) in [5, 5.41) is 4.05. The van der Waals surface area contributed by atoms with Crippen molar-refractivity contribution in [3.05, 3.63) is 58.3 Å². The summed E-state index contributed by atoms with van der Waals surface area (Å²) in [6.07, 6.45) is 5.17. The summed E-state index contributed by atoms with van der Waals surface area (Å²) in [7, 11) is 0. The van der Waals surface area contributed by atoms with Crippen molar-refractivity contribution in [3.8, 4) is 0 Å². The second-order valence-electron chi connectivity index (χ2n) is 6.32. The van der Waals surface area contributed by atoms with Gasteiger partial charge in [-0.25, -0.2) is 0 Å². The van der Waals surface area contributed by atoms with Crippen LogP contribution in [0.15, 0.2) is 47.2 Å². The van der Waals surface area contributed by atoms with Gasteiger partial charge < -0.3 is 4.74 Å². The molecule has 1 unspecified atom stereocenters. The zero-order valence-electron chi connectivity index (χ0n) is 14.0. The number of benzene rings is 1. The first-order chi connectivity index (χ1) is 11.8. The third-order valence-corrected chi connectivity index (χ3v) is 5.30. The fourth-order valence-electron chi connectivity index (χ4n) is 3.27. The minimum absolute atomic E-state index is 0.144. The van der Waals surface area contributed by atoms with E-state index in [-0.39, 0.29) is 11.9 Å². The smallest absolute Gasteiger partial charge is 0.318 e. The van der Waals surface area contributed by atoms with Crippen LogP contribution in [0.1, 0.15) is 42.7 Å². The van der Waals surface area contributed by atoms with Crippen molar-refractivity contribution < 1.29 is 9.53 Å². The maximum Gasteiger partial charge on any atom is 0.318 e. The van der Waals surface area contributed by atoms with Gasteiger partial charge in [-0.05, 0) is 53.9 Å². The van der Waals surface area contributed by atoms with Gasteiger partial charge in [0.1, 0.15) is 12.5 Å². The van der Waals surface area contributed by atoms with Crippen LogP contribution in [-0.4, -0.2) is 37.1 Å². The van der Waals surface area contributed by atoms with E-state index in [1.807, 2.05) is 47.2 Å². The Labute approximate surface area is 148 Å². The Kier molecular flexibility index (Phi) is 6.44. The van der Waals surface area contributed by atoms with Gasteiger partial charge in [0.25, 0.3) is 0 Å². The highest BCUT2D eigenvalue weighted by Crippen LogP contribution is 2.27. The molecule has 1 aromatic carbocycles. The molecular weight excluding hydrogens is 318 g/mol. The van der Waals surface area contributed by atoms with Crippen LogP contribution in [0.5, 0.6) is 0 Å². The van der Waals surface area contributed by atoms with Crippen LogP contribution in [-0.2, 0) is 9.53 Å². The van der Waals surface area contributed by atoms with Gasteiger partial charge in [-0.1, -0.05) is 43.2 Å². The molecule has 0 aliphatic carbocycles. The van der Waals surface area contributed by atoms with Crippen molar-refractivity contribution >= 4 is 17.3 Å². The Morgan fingerprint density at radius 2 is 1.79 bits per heavy atom. The molecule has 4 heteroatoms. The van der Waals surface area contributed by atoms with E-state index in [1.54, 1.807) is 11.3 Å². The minimum Gasteiger partial charge on any atom is -0.464 e. The zero-order chi connectivity index (χ0) is 16.6. The number of esters is 1. The van der Waals surface area contributed by atoms with E-state index in [0.29, 0.717) is 6.61 Å². The Morgan fingerprint density at radius 3 is 2.46 bits per heavy atom. The molecule has 0 spiro atoms. The molecule has 1 fully saturated rings. The fourth-order valence-corrected chi connectivity index (χ4v) is 3.95. The fraction of sp³-hybridized carbons (Fsp3) is 0.450. The van der Waals surface area contributed by atoms with Crippen LogP contribution in [0.3, 0.4) is 0 Å². The molecule has 1 aromatic heterocycles. The number of rotatable bonds is 6. The molecule has 0 radical (unpaired) electrons. The van der Waals surface area contributed by atoms with Gasteiger partial charge in [-0.15, -0.1) is 0 Å². The van der Waals surface area contributed by atoms with Crippen molar-refractivity contribution in [2.45, 2.75) is 31.6 Å². The largest absolute Gasteiger partial charge is 0.464 e. The second-order valence-corrected chi connectivity index (χ2v) is 7.10. The summed E-state index contributed by atoms with van der Waals surface area (Å²) >= 11 is 1.61. The Morgan fingerprint density at radius 1 is 1.04 bits per heavy atom. The first-order valence-electron chi connectivity index (χ1n) is 8.80. The van der Waals surface area contributed by atoms with E-state index in [0.717, 1.165) is 30.8 Å². The van der Waals surface area contributed by atoms with Gasteiger partial charge in [-0.2, -0.15) is 11.3 Å². The molecule has 1 atom stereocenters. The van der Waals surface area contributed by atoms with Gasteiger partial charge >= 0.3 is 5.97 Å². The predicted molar refractivity (Wildman–Crippen MR) is 98.5 cm³/mol. The summed E-state index contributed by atoms with van der Waals surface area (Å²) < 4.78 is 5.65. The maximum absolute atomic E-state index is 12.7. The first kappa shape index (κ1) is 17.2. The first-order valence-corrected chi connectivity index (χ1v) is 9.75. The van der Waals surface area contributed by atoms with Crippen LogP contribution >= 0.6 is 11.3 Å². The van der Waals surface area contributed by atoms with Gasteiger partial charge in [0.15, 0.2) is 0 Å². The van der Waals surface area contributed by atoms with E-state index >= 15 is 0 Å². The van der Waals surface area contributed by atoms with Crippen molar-refractivity contribution in [3.63, 3.8) is 0 Å². The van der Waals surface area contributed by atoms with Crippen molar-refractivity contribution in [2.75, 3.05) is 26.2 Å². The lowest BCUT2D eigenvalue weighted by atomic mass is 9.93. The highest BCUT2D eigenvalue weighted by Gasteiger charge is 2.24. The van der Waals surface area contributed by atoms with Crippen LogP contribution in [0, 0.1) is 0 Å².